The van der Waals surface area contributed by atoms with Crippen LogP contribution in [0.1, 0.15) is 13.8 Å². The van der Waals surface area contributed by atoms with Gasteiger partial charge in [-0.15, -0.1) is 0 Å². The number of hydrogen-bond donors (Lipinski definition) is 0. The molecule has 0 radical (unpaired) electrons. The number of nitrogens with zero attached hydrogens (tertiary/aromatic N) is 1. The molecular formula is C11H13NO3. The molecule has 0 fully saturated rings. The van der Waals surface area contributed by atoms with Crippen molar-refractivity contribution in [1.29, 1.82) is 0 Å². The Morgan fingerprint density at radius 2 is 2.27 bits per heavy atom. The summed E-state index contributed by atoms with van der Waals surface area (Å²) < 4.78 is 4.82. The first-order valence-electron chi connectivity index (χ1n) is 4.74. The van der Waals surface area contributed by atoms with Crippen LogP contribution in [0.25, 0.3) is 0 Å². The van der Waals surface area contributed by atoms with E-state index in [4.69, 9.17) is 4.74 Å². The number of allylic oxidation sites excluding steroid dienone is 1. The predicted octanol–water partition coefficient (Wildman–Crippen LogP) is 1.08. The van der Waals surface area contributed by atoms with Gasteiger partial charge in [0.25, 0.3) is 0 Å². The van der Waals surface area contributed by atoms with E-state index in [2.05, 4.69) is 4.99 Å². The molecule has 4 heteroatoms. The summed E-state index contributed by atoms with van der Waals surface area (Å²) in [7, 11) is 0. The van der Waals surface area contributed by atoms with Gasteiger partial charge < -0.3 is 4.74 Å². The average Bonchev–Trinajstić information content (AvgIpc) is 2.19. The van der Waals surface area contributed by atoms with Crippen LogP contribution >= 0.6 is 0 Å². The van der Waals surface area contributed by atoms with E-state index in [1.165, 1.54) is 6.92 Å². The number of aliphatic imine (C=N–C) groups is 1. The zero-order valence-electron chi connectivity index (χ0n) is 8.82. The third-order valence-electron chi connectivity index (χ3n) is 1.90. The van der Waals surface area contributed by atoms with Gasteiger partial charge in [0.05, 0.1) is 13.2 Å². The molecule has 0 aromatic rings. The number of ether oxygens (including phenoxy) is 1. The fourth-order valence-corrected chi connectivity index (χ4v) is 1.29. The monoisotopic (exact) mass is 207 g/mol. The maximum absolute atomic E-state index is 11.5. The molecule has 1 aliphatic rings. The van der Waals surface area contributed by atoms with Gasteiger partial charge in [0.15, 0.2) is 5.78 Å². The summed E-state index contributed by atoms with van der Waals surface area (Å²) in [5, 5.41) is 0. The quantitative estimate of drug-likeness (QED) is 0.301. The van der Waals surface area contributed by atoms with Crippen molar-refractivity contribution >= 4 is 18.0 Å². The second-order valence-corrected chi connectivity index (χ2v) is 3.03. The molecule has 0 spiro atoms. The molecule has 0 amide bonds. The highest BCUT2D eigenvalue weighted by Crippen LogP contribution is 2.12. The Morgan fingerprint density at radius 3 is 2.73 bits per heavy atom. The Balaban J connectivity index is 3.01. The molecule has 1 aliphatic heterocycles. The Bertz CT molecular complexity index is 364. The minimum atomic E-state index is -0.568. The van der Waals surface area contributed by atoms with Crippen LogP contribution < -0.4 is 0 Å². The Morgan fingerprint density at radius 1 is 1.53 bits per heavy atom. The standard InChI is InChI=1S/C11H13NO3/c1-3-15-11(14)10(8(2)13)9-5-4-6-12-7-9/h4-6H,3,7H2,1-2H3. The van der Waals surface area contributed by atoms with Crippen LogP contribution in [0.15, 0.2) is 28.3 Å². The van der Waals surface area contributed by atoms with Crippen molar-refractivity contribution in [2.75, 3.05) is 13.2 Å². The molecule has 0 saturated carbocycles. The van der Waals surface area contributed by atoms with Gasteiger partial charge in [0, 0.05) is 6.21 Å². The summed E-state index contributed by atoms with van der Waals surface area (Å²) in [4.78, 5) is 26.8. The van der Waals surface area contributed by atoms with Crippen LogP contribution in [0.5, 0.6) is 0 Å². The molecule has 0 aliphatic carbocycles. The second-order valence-electron chi connectivity index (χ2n) is 3.03. The largest absolute Gasteiger partial charge is 0.462 e. The molecule has 0 bridgehead atoms. The molecule has 15 heavy (non-hydrogen) atoms. The molecule has 1 heterocycles. The summed E-state index contributed by atoms with van der Waals surface area (Å²) in [6.45, 7) is 3.67. The van der Waals surface area contributed by atoms with E-state index in [-0.39, 0.29) is 18.0 Å². The lowest BCUT2D eigenvalue weighted by atomic mass is 10.0. The van der Waals surface area contributed by atoms with E-state index in [0.29, 0.717) is 12.1 Å². The number of dihydropyridines is 1. The highest BCUT2D eigenvalue weighted by Gasteiger charge is 2.20. The number of carbonyl (C=O) groups is 2. The first-order valence-corrected chi connectivity index (χ1v) is 4.74. The van der Waals surface area contributed by atoms with Crippen LogP contribution in [0.2, 0.25) is 0 Å². The number of ketones is 1. The maximum Gasteiger partial charge on any atom is 0.342 e. The third-order valence-corrected chi connectivity index (χ3v) is 1.90. The van der Waals surface area contributed by atoms with Crippen molar-refractivity contribution in [1.82, 2.24) is 0 Å². The highest BCUT2D eigenvalue weighted by molar-refractivity contribution is 6.17. The van der Waals surface area contributed by atoms with Crippen molar-refractivity contribution in [3.05, 3.63) is 23.3 Å². The summed E-state index contributed by atoms with van der Waals surface area (Å²) in [5.74, 6) is -0.855. The molecule has 0 atom stereocenters. The summed E-state index contributed by atoms with van der Waals surface area (Å²) in [6.07, 6.45) is 5.04. The molecular weight excluding hydrogens is 194 g/mol. The highest BCUT2D eigenvalue weighted by atomic mass is 16.5. The third kappa shape index (κ3) is 2.87. The van der Waals surface area contributed by atoms with Gasteiger partial charge >= 0.3 is 5.97 Å². The number of carbonyl (C=O) groups excluding carboxylic acids is 2. The van der Waals surface area contributed by atoms with Crippen molar-refractivity contribution in [3.8, 4) is 0 Å². The zero-order chi connectivity index (χ0) is 11.3. The van der Waals surface area contributed by atoms with Crippen molar-refractivity contribution in [2.24, 2.45) is 4.99 Å². The molecule has 0 aromatic carbocycles. The number of hydrogen-bond acceptors (Lipinski definition) is 4. The van der Waals surface area contributed by atoms with E-state index in [1.807, 2.05) is 0 Å². The topological polar surface area (TPSA) is 55.7 Å². The lowest BCUT2D eigenvalue weighted by Gasteiger charge is -2.09. The van der Waals surface area contributed by atoms with Gasteiger partial charge in [-0.2, -0.15) is 0 Å². The van der Waals surface area contributed by atoms with Crippen LogP contribution in [0.4, 0.5) is 0 Å². The molecule has 4 nitrogen and oxygen atoms in total. The minimum absolute atomic E-state index is 0.102. The molecule has 1 rings (SSSR count). The molecule has 80 valence electrons. The number of rotatable bonds is 3. The fraction of sp³-hybridized carbons (Fsp3) is 0.364. The van der Waals surface area contributed by atoms with Crippen molar-refractivity contribution in [2.45, 2.75) is 13.8 Å². The summed E-state index contributed by atoms with van der Waals surface area (Å²) >= 11 is 0. The Labute approximate surface area is 88.3 Å². The van der Waals surface area contributed by atoms with Crippen LogP contribution in [0.3, 0.4) is 0 Å². The normalized spacial score (nSPS) is 17.5. The van der Waals surface area contributed by atoms with Crippen LogP contribution in [-0.2, 0) is 14.3 Å². The van der Waals surface area contributed by atoms with E-state index in [9.17, 15) is 9.59 Å². The van der Waals surface area contributed by atoms with Gasteiger partial charge in [0.1, 0.15) is 5.57 Å². The lowest BCUT2D eigenvalue weighted by Crippen LogP contribution is -2.17. The molecule has 0 N–H and O–H groups in total. The first kappa shape index (κ1) is 11.4. The molecule has 0 unspecified atom stereocenters. The maximum atomic E-state index is 11.5. The minimum Gasteiger partial charge on any atom is -0.462 e. The van der Waals surface area contributed by atoms with Crippen molar-refractivity contribution in [3.63, 3.8) is 0 Å². The van der Waals surface area contributed by atoms with Gasteiger partial charge in [-0.25, -0.2) is 4.79 Å². The Kier molecular flexibility index (Phi) is 3.97. The number of esters is 1. The van der Waals surface area contributed by atoms with Gasteiger partial charge in [0.2, 0.25) is 0 Å². The van der Waals surface area contributed by atoms with Gasteiger partial charge in [-0.3, -0.25) is 9.79 Å². The van der Waals surface area contributed by atoms with Crippen molar-refractivity contribution < 1.29 is 14.3 Å². The van der Waals surface area contributed by atoms with E-state index in [0.717, 1.165) is 0 Å². The summed E-state index contributed by atoms with van der Waals surface area (Å²) in [5.41, 5.74) is 0.716. The van der Waals surface area contributed by atoms with E-state index < -0.39 is 5.97 Å². The Hall–Kier alpha value is -1.71. The van der Waals surface area contributed by atoms with Crippen LogP contribution in [-0.4, -0.2) is 31.1 Å². The SMILES string of the molecule is CCOC(=O)C(C(C)=O)=C1C=CC=NC1. The fourth-order valence-electron chi connectivity index (χ4n) is 1.29. The average molecular weight is 207 g/mol. The van der Waals surface area contributed by atoms with E-state index in [1.54, 1.807) is 25.3 Å². The second kappa shape index (κ2) is 5.24. The number of Topliss-reactive ketones (excluding diaryl/α,β-unsaturated/α-hetero) is 1. The first-order chi connectivity index (χ1) is 7.16. The smallest absolute Gasteiger partial charge is 0.342 e. The molecule has 0 saturated heterocycles. The summed E-state index contributed by atoms with van der Waals surface area (Å²) in [6, 6.07) is 0. The molecule has 0 aromatic heterocycles. The van der Waals surface area contributed by atoms with E-state index >= 15 is 0 Å². The zero-order valence-corrected chi connectivity index (χ0v) is 8.82. The predicted molar refractivity (Wildman–Crippen MR) is 56.8 cm³/mol. The van der Waals surface area contributed by atoms with Gasteiger partial charge in [-0.05, 0) is 25.5 Å². The van der Waals surface area contributed by atoms with Gasteiger partial charge in [-0.1, -0.05) is 6.08 Å². The lowest BCUT2D eigenvalue weighted by molar-refractivity contribution is -0.139. The van der Waals surface area contributed by atoms with Crippen LogP contribution in [0, 0.1) is 0 Å².